The Morgan fingerprint density at radius 2 is 2.26 bits per heavy atom. The van der Waals surface area contributed by atoms with Crippen LogP contribution in [0.5, 0.6) is 0 Å². The number of aromatic nitrogens is 6. The Bertz CT molecular complexity index is 861. The molecule has 23 heavy (non-hydrogen) atoms. The van der Waals surface area contributed by atoms with Crippen molar-refractivity contribution < 1.29 is 9.53 Å². The zero-order valence-electron chi connectivity index (χ0n) is 12.5. The van der Waals surface area contributed by atoms with Crippen LogP contribution in [-0.2, 0) is 22.6 Å². The number of halogens is 1. The van der Waals surface area contributed by atoms with Crippen LogP contribution in [0.4, 0.5) is 0 Å². The van der Waals surface area contributed by atoms with Crippen LogP contribution in [0.2, 0.25) is 4.34 Å². The number of carbonyl (C=O) groups excluding carboxylic acids is 1. The van der Waals surface area contributed by atoms with Gasteiger partial charge in [0.05, 0.1) is 0 Å². The fraction of sp³-hybridized carbons (Fsp3) is 0.385. The Hall–Kier alpha value is -2.13. The van der Waals surface area contributed by atoms with Gasteiger partial charge in [0.25, 0.3) is 5.78 Å². The molecule has 0 N–H and O–H groups in total. The van der Waals surface area contributed by atoms with E-state index in [1.165, 1.54) is 6.33 Å². The number of hydrogen-bond acceptors (Lipinski definition) is 8. The molecule has 0 amide bonds. The van der Waals surface area contributed by atoms with Gasteiger partial charge in [-0.3, -0.25) is 4.79 Å². The quantitative estimate of drug-likeness (QED) is 0.647. The average molecular weight is 353 g/mol. The van der Waals surface area contributed by atoms with E-state index >= 15 is 0 Å². The minimum atomic E-state index is -0.327. The molecule has 0 aromatic carbocycles. The Balaban J connectivity index is 1.64. The Kier molecular flexibility index (Phi) is 4.49. The summed E-state index contributed by atoms with van der Waals surface area (Å²) >= 11 is 6.92. The van der Waals surface area contributed by atoms with Crippen molar-refractivity contribution in [1.82, 2.24) is 29.2 Å². The minimum absolute atomic E-state index is 0.0342. The standard InChI is InChI=1S/C13H13ClN6O2S/c1-7-9(8(2)20-13(17-7)15-6-16-20)3-4-11(21)22-5-10-12(14)23-19-18-10/h6H,3-5H2,1-2H3. The highest BCUT2D eigenvalue weighted by Gasteiger charge is 2.14. The first kappa shape index (κ1) is 15.8. The molecule has 3 aromatic rings. The average Bonchev–Trinajstić information content (AvgIpc) is 3.13. The van der Waals surface area contributed by atoms with E-state index in [4.69, 9.17) is 16.3 Å². The van der Waals surface area contributed by atoms with Crippen LogP contribution in [-0.4, -0.2) is 35.1 Å². The topological polar surface area (TPSA) is 95.2 Å². The van der Waals surface area contributed by atoms with Gasteiger partial charge in [-0.15, -0.1) is 5.10 Å². The van der Waals surface area contributed by atoms with Crippen molar-refractivity contribution in [3.05, 3.63) is 33.3 Å². The van der Waals surface area contributed by atoms with Crippen molar-refractivity contribution in [2.24, 2.45) is 0 Å². The van der Waals surface area contributed by atoms with Crippen LogP contribution >= 0.6 is 23.1 Å². The predicted molar refractivity (Wildman–Crippen MR) is 83.3 cm³/mol. The third kappa shape index (κ3) is 3.30. The Morgan fingerprint density at radius 1 is 1.43 bits per heavy atom. The number of carbonyl (C=O) groups is 1. The lowest BCUT2D eigenvalue weighted by Gasteiger charge is -2.10. The summed E-state index contributed by atoms with van der Waals surface area (Å²) in [6.07, 6.45) is 2.21. The molecule has 0 bridgehead atoms. The number of aryl methyl sites for hydroxylation is 2. The lowest BCUT2D eigenvalue weighted by molar-refractivity contribution is -0.145. The van der Waals surface area contributed by atoms with Crippen molar-refractivity contribution >= 4 is 34.9 Å². The van der Waals surface area contributed by atoms with E-state index in [0.29, 0.717) is 22.2 Å². The number of fused-ring (bicyclic) bond motifs is 1. The van der Waals surface area contributed by atoms with Gasteiger partial charge in [0, 0.05) is 29.3 Å². The van der Waals surface area contributed by atoms with Crippen LogP contribution in [0.3, 0.4) is 0 Å². The fourth-order valence-corrected chi connectivity index (χ4v) is 2.85. The van der Waals surface area contributed by atoms with Gasteiger partial charge >= 0.3 is 5.97 Å². The SMILES string of the molecule is Cc1nc2ncnn2c(C)c1CCC(=O)OCc1nnsc1Cl. The molecule has 0 spiro atoms. The molecule has 120 valence electrons. The molecular formula is C13H13ClN6O2S. The summed E-state index contributed by atoms with van der Waals surface area (Å²) in [6, 6.07) is 0. The molecular weight excluding hydrogens is 340 g/mol. The van der Waals surface area contributed by atoms with Gasteiger partial charge in [-0.1, -0.05) is 16.1 Å². The molecule has 0 radical (unpaired) electrons. The molecule has 3 heterocycles. The Labute approximate surface area is 140 Å². The molecule has 0 aliphatic heterocycles. The van der Waals surface area contributed by atoms with Gasteiger partial charge in [0.15, 0.2) is 0 Å². The molecule has 8 nitrogen and oxygen atoms in total. The zero-order chi connectivity index (χ0) is 16.4. The van der Waals surface area contributed by atoms with E-state index < -0.39 is 0 Å². The summed E-state index contributed by atoms with van der Waals surface area (Å²) < 4.78 is 10.9. The van der Waals surface area contributed by atoms with Gasteiger partial charge in [-0.2, -0.15) is 10.1 Å². The third-order valence-corrected chi connectivity index (χ3v) is 4.43. The normalized spacial score (nSPS) is 11.1. The van der Waals surface area contributed by atoms with E-state index in [1.807, 2.05) is 13.8 Å². The zero-order valence-corrected chi connectivity index (χ0v) is 14.1. The summed E-state index contributed by atoms with van der Waals surface area (Å²) in [5, 5.41) is 7.92. The summed E-state index contributed by atoms with van der Waals surface area (Å²) in [5.41, 5.74) is 3.20. The molecule has 0 saturated heterocycles. The van der Waals surface area contributed by atoms with Crippen LogP contribution < -0.4 is 0 Å². The number of esters is 1. The smallest absolute Gasteiger partial charge is 0.306 e. The van der Waals surface area contributed by atoms with Crippen LogP contribution in [0, 0.1) is 13.8 Å². The van der Waals surface area contributed by atoms with Gasteiger partial charge in [0.2, 0.25) is 0 Å². The maximum absolute atomic E-state index is 11.9. The summed E-state index contributed by atoms with van der Waals surface area (Å²) in [7, 11) is 0. The number of ether oxygens (including phenoxy) is 1. The number of nitrogens with zero attached hydrogens (tertiary/aromatic N) is 6. The summed E-state index contributed by atoms with van der Waals surface area (Å²) in [6.45, 7) is 3.85. The molecule has 0 unspecified atom stereocenters. The molecule has 0 aliphatic carbocycles. The van der Waals surface area contributed by atoms with Crippen molar-refractivity contribution in [1.29, 1.82) is 0 Å². The second-order valence-electron chi connectivity index (χ2n) is 4.89. The first-order valence-corrected chi connectivity index (χ1v) is 7.99. The van der Waals surface area contributed by atoms with Gasteiger partial charge in [0.1, 0.15) is 23.0 Å². The molecule has 3 rings (SSSR count). The maximum atomic E-state index is 11.9. The second kappa shape index (κ2) is 6.55. The van der Waals surface area contributed by atoms with Crippen LogP contribution in [0.1, 0.15) is 29.1 Å². The summed E-state index contributed by atoms with van der Waals surface area (Å²) in [4.78, 5) is 20.3. The largest absolute Gasteiger partial charge is 0.459 e. The lowest BCUT2D eigenvalue weighted by Crippen LogP contribution is -2.10. The maximum Gasteiger partial charge on any atom is 0.306 e. The van der Waals surface area contributed by atoms with Crippen molar-refractivity contribution in [3.63, 3.8) is 0 Å². The van der Waals surface area contributed by atoms with Crippen LogP contribution in [0.15, 0.2) is 6.33 Å². The van der Waals surface area contributed by atoms with E-state index in [-0.39, 0.29) is 19.0 Å². The van der Waals surface area contributed by atoms with Crippen LogP contribution in [0.25, 0.3) is 5.78 Å². The highest BCUT2D eigenvalue weighted by molar-refractivity contribution is 7.10. The van der Waals surface area contributed by atoms with Crippen molar-refractivity contribution in [3.8, 4) is 0 Å². The molecule has 3 aromatic heterocycles. The fourth-order valence-electron chi connectivity index (χ4n) is 2.25. The number of rotatable bonds is 5. The third-order valence-electron chi connectivity index (χ3n) is 3.45. The van der Waals surface area contributed by atoms with E-state index in [9.17, 15) is 4.79 Å². The summed E-state index contributed by atoms with van der Waals surface area (Å²) in [5.74, 6) is 0.226. The van der Waals surface area contributed by atoms with E-state index in [1.54, 1.807) is 4.52 Å². The van der Waals surface area contributed by atoms with Crippen molar-refractivity contribution in [2.75, 3.05) is 0 Å². The monoisotopic (exact) mass is 352 g/mol. The van der Waals surface area contributed by atoms with Crippen molar-refractivity contribution in [2.45, 2.75) is 33.3 Å². The molecule has 0 saturated carbocycles. The van der Waals surface area contributed by atoms with E-state index in [0.717, 1.165) is 28.5 Å². The lowest BCUT2D eigenvalue weighted by atomic mass is 10.1. The van der Waals surface area contributed by atoms with E-state index in [2.05, 4.69) is 24.7 Å². The van der Waals surface area contributed by atoms with Gasteiger partial charge < -0.3 is 4.74 Å². The highest BCUT2D eigenvalue weighted by atomic mass is 35.5. The highest BCUT2D eigenvalue weighted by Crippen LogP contribution is 2.19. The number of hydrogen-bond donors (Lipinski definition) is 0. The molecule has 0 atom stereocenters. The minimum Gasteiger partial charge on any atom is -0.459 e. The first-order chi connectivity index (χ1) is 11.1. The first-order valence-electron chi connectivity index (χ1n) is 6.84. The second-order valence-corrected chi connectivity index (χ2v) is 6.24. The molecule has 0 fully saturated rings. The molecule has 0 aliphatic rings. The molecule has 10 heteroatoms. The Morgan fingerprint density at radius 3 is 3.00 bits per heavy atom. The van der Waals surface area contributed by atoms with Gasteiger partial charge in [-0.25, -0.2) is 9.50 Å². The van der Waals surface area contributed by atoms with Gasteiger partial charge in [-0.05, 0) is 25.8 Å². The predicted octanol–water partition coefficient (Wildman–Crippen LogP) is 1.92.